The molecule has 0 aliphatic carbocycles. The predicted molar refractivity (Wildman–Crippen MR) is 53.1 cm³/mol. The fraction of sp³-hybridized carbons (Fsp3) is 1.00. The van der Waals surface area contributed by atoms with Gasteiger partial charge in [-0.2, -0.15) is 5.75 Å². The fourth-order valence-electron chi connectivity index (χ4n) is 0.144. The van der Waals surface area contributed by atoms with Crippen LogP contribution in [0, 0.1) is 0 Å². The quantitative estimate of drug-likeness (QED) is 0.540. The van der Waals surface area contributed by atoms with Gasteiger partial charge in [0.15, 0.2) is 0 Å². The van der Waals surface area contributed by atoms with Gasteiger partial charge in [0.05, 0.1) is 0 Å². The van der Waals surface area contributed by atoms with E-state index in [1.807, 2.05) is 0 Å². The third-order valence-corrected chi connectivity index (χ3v) is 0.787. The summed E-state index contributed by atoms with van der Waals surface area (Å²) in [5.41, 5.74) is 0. The van der Waals surface area contributed by atoms with E-state index < -0.39 is 0 Å². The van der Waals surface area contributed by atoms with Gasteiger partial charge in [-0.3, -0.25) is 0 Å². The molecule has 0 unspecified atom stereocenters. The summed E-state index contributed by atoms with van der Waals surface area (Å²) in [6.07, 6.45) is 2.44. The second kappa shape index (κ2) is 35.3. The summed E-state index contributed by atoms with van der Waals surface area (Å²) in [6.45, 7) is 2.15. The Morgan fingerprint density at radius 3 is 1.44 bits per heavy atom. The Bertz CT molecular complexity index is 16.4. The standard InChI is InChI=1S/C4H10S.3CH4.Sn/c1-2-3-4-5;;;;/h5H,2-4H2,1H3;3*1H4;/p-1. The smallest absolute Gasteiger partial charge is 0 e. The second-order valence-electron chi connectivity index (χ2n) is 1.06. The van der Waals surface area contributed by atoms with Crippen LogP contribution in [-0.4, -0.2) is 29.7 Å². The van der Waals surface area contributed by atoms with Gasteiger partial charge in [-0.15, -0.1) is 0 Å². The maximum Gasteiger partial charge on any atom is 0 e. The van der Waals surface area contributed by atoms with Crippen LogP contribution in [0.5, 0.6) is 0 Å². The van der Waals surface area contributed by atoms with Gasteiger partial charge in [-0.1, -0.05) is 42.0 Å². The number of hydrogen-bond acceptors (Lipinski definition) is 1. The molecule has 60 valence electrons. The van der Waals surface area contributed by atoms with Crippen molar-refractivity contribution in [2.24, 2.45) is 0 Å². The molecule has 0 aromatic carbocycles. The molecule has 0 heterocycles. The minimum Gasteiger partial charge on any atom is -0.793 e. The van der Waals surface area contributed by atoms with Crippen molar-refractivity contribution >= 4 is 36.5 Å². The first-order valence-corrected chi connectivity index (χ1v) is 2.57. The average Bonchev–Trinajstić information content (AvgIpc) is 1.41. The molecule has 9 heavy (non-hydrogen) atoms. The second-order valence-corrected chi connectivity index (χ2v) is 1.47. The molecule has 0 aromatic heterocycles. The third-order valence-electron chi connectivity index (χ3n) is 0.498. The van der Waals surface area contributed by atoms with Crippen molar-refractivity contribution in [3.63, 3.8) is 0 Å². The molecule has 0 bridgehead atoms. The molecule has 0 saturated carbocycles. The number of unbranched alkanes of at least 4 members (excludes halogenated alkanes) is 1. The fourth-order valence-corrected chi connectivity index (χ4v) is 0.433. The Balaban J connectivity index is -0.0000000133. The monoisotopic (exact) mass is 257 g/mol. The first-order chi connectivity index (χ1) is 2.41. The molecule has 0 fully saturated rings. The van der Waals surface area contributed by atoms with E-state index in [9.17, 15) is 0 Å². The Labute approximate surface area is 84.2 Å². The molecule has 0 N–H and O–H groups in total. The van der Waals surface area contributed by atoms with Crippen LogP contribution < -0.4 is 0 Å². The molecule has 0 aliphatic rings. The topological polar surface area (TPSA) is 0 Å². The molecule has 4 radical (unpaired) electrons. The van der Waals surface area contributed by atoms with Crippen LogP contribution in [0.1, 0.15) is 42.0 Å². The molecule has 0 nitrogen and oxygen atoms in total. The molecule has 0 aromatic rings. The van der Waals surface area contributed by atoms with Crippen LogP contribution >= 0.6 is 0 Å². The maximum atomic E-state index is 4.65. The zero-order valence-electron chi connectivity index (χ0n) is 4.03. The van der Waals surface area contributed by atoms with Gasteiger partial charge in [0, 0.05) is 23.9 Å². The van der Waals surface area contributed by atoms with E-state index in [2.05, 4.69) is 19.6 Å². The van der Waals surface area contributed by atoms with Crippen molar-refractivity contribution in [3.05, 3.63) is 0 Å². The third kappa shape index (κ3) is 47.2. The van der Waals surface area contributed by atoms with E-state index in [1.54, 1.807) is 0 Å². The van der Waals surface area contributed by atoms with Gasteiger partial charge in [-0.25, -0.2) is 0 Å². The molecule has 0 saturated heterocycles. The Morgan fingerprint density at radius 2 is 1.44 bits per heavy atom. The summed E-state index contributed by atoms with van der Waals surface area (Å²) < 4.78 is 0. The first-order valence-electron chi connectivity index (χ1n) is 2.00. The first kappa shape index (κ1) is 32.0. The molecule has 0 aliphatic heterocycles. The van der Waals surface area contributed by atoms with E-state index >= 15 is 0 Å². The summed E-state index contributed by atoms with van der Waals surface area (Å²) in [5, 5.41) is 0. The van der Waals surface area contributed by atoms with Crippen molar-refractivity contribution in [1.29, 1.82) is 0 Å². The largest absolute Gasteiger partial charge is 0.793 e. The average molecular weight is 256 g/mol. The number of hydrogen-bond donors (Lipinski definition) is 0. The molecule has 2 heteroatoms. The molecule has 0 amide bonds. The Morgan fingerprint density at radius 1 is 1.11 bits per heavy atom. The summed E-state index contributed by atoms with van der Waals surface area (Å²) in [4.78, 5) is 0. The minimum absolute atomic E-state index is 0. The molecule has 0 atom stereocenters. The number of rotatable bonds is 2. The zero-order chi connectivity index (χ0) is 4.12. The van der Waals surface area contributed by atoms with Crippen molar-refractivity contribution in [2.75, 3.05) is 5.75 Å². The van der Waals surface area contributed by atoms with E-state index in [0.717, 1.165) is 5.75 Å². The van der Waals surface area contributed by atoms with Gasteiger partial charge in [-0.05, 0) is 0 Å². The van der Waals surface area contributed by atoms with Gasteiger partial charge < -0.3 is 12.6 Å². The van der Waals surface area contributed by atoms with Crippen LogP contribution in [0.25, 0.3) is 0 Å². The van der Waals surface area contributed by atoms with Gasteiger partial charge >= 0.3 is 0 Å². The van der Waals surface area contributed by atoms with Crippen LogP contribution in [0.3, 0.4) is 0 Å². The summed E-state index contributed by atoms with van der Waals surface area (Å²) in [5.74, 6) is 0.927. The van der Waals surface area contributed by atoms with Crippen molar-refractivity contribution in [3.8, 4) is 0 Å². The van der Waals surface area contributed by atoms with E-state index in [1.165, 1.54) is 12.8 Å². The van der Waals surface area contributed by atoms with Crippen LogP contribution in [-0.2, 0) is 12.6 Å². The molecule has 0 spiro atoms. The van der Waals surface area contributed by atoms with Crippen LogP contribution in [0.2, 0.25) is 0 Å². The zero-order valence-corrected chi connectivity index (χ0v) is 7.70. The van der Waals surface area contributed by atoms with Crippen LogP contribution in [0.4, 0.5) is 0 Å². The summed E-state index contributed by atoms with van der Waals surface area (Å²) in [7, 11) is 0. The van der Waals surface area contributed by atoms with Crippen molar-refractivity contribution < 1.29 is 0 Å². The van der Waals surface area contributed by atoms with E-state index in [-0.39, 0.29) is 46.2 Å². The maximum absolute atomic E-state index is 4.65. The van der Waals surface area contributed by atoms with Crippen molar-refractivity contribution in [1.82, 2.24) is 0 Å². The van der Waals surface area contributed by atoms with E-state index in [0.29, 0.717) is 0 Å². The van der Waals surface area contributed by atoms with Gasteiger partial charge in [0.2, 0.25) is 0 Å². The molecule has 0 rings (SSSR count). The van der Waals surface area contributed by atoms with Gasteiger partial charge in [0.1, 0.15) is 0 Å². The SMILES string of the molecule is C.C.C.CCCC[S-].[Sn]. The minimum atomic E-state index is 0. The molecular weight excluding hydrogens is 235 g/mol. The normalized spacial score (nSPS) is 4.67. The molecular formula is C7H21SSn-. The summed E-state index contributed by atoms with van der Waals surface area (Å²) >= 11 is 4.65. The van der Waals surface area contributed by atoms with Gasteiger partial charge in [0.25, 0.3) is 0 Å². The van der Waals surface area contributed by atoms with E-state index in [4.69, 9.17) is 0 Å². The Hall–Kier alpha value is 1.15. The predicted octanol–water partition coefficient (Wildman–Crippen LogP) is 2.86. The van der Waals surface area contributed by atoms with Crippen molar-refractivity contribution in [2.45, 2.75) is 42.0 Å². The van der Waals surface area contributed by atoms with Crippen LogP contribution in [0.15, 0.2) is 0 Å². The Kier molecular flexibility index (Phi) is 126. The summed E-state index contributed by atoms with van der Waals surface area (Å²) in [6, 6.07) is 0.